The predicted molar refractivity (Wildman–Crippen MR) is 64.0 cm³/mol. The summed E-state index contributed by atoms with van der Waals surface area (Å²) in [6.45, 7) is 1.29. The van der Waals surface area contributed by atoms with Gasteiger partial charge in [0.15, 0.2) is 5.75 Å². The average molecular weight is 267 g/mol. The van der Waals surface area contributed by atoms with Crippen molar-refractivity contribution in [2.75, 3.05) is 6.61 Å². The van der Waals surface area contributed by atoms with Gasteiger partial charge in [-0.05, 0) is 19.1 Å². The molecule has 0 N–H and O–H groups in total. The second-order valence-electron chi connectivity index (χ2n) is 3.67. The van der Waals surface area contributed by atoms with Gasteiger partial charge in [0.1, 0.15) is 5.52 Å². The molecule has 1 heterocycles. The van der Waals surface area contributed by atoms with Crippen molar-refractivity contribution in [1.29, 1.82) is 0 Å². The van der Waals surface area contributed by atoms with Gasteiger partial charge in [0.05, 0.1) is 6.61 Å². The first-order chi connectivity index (χ1) is 9.04. The number of hydrogen-bond acceptors (Lipinski definition) is 4. The molecule has 1 aromatic heterocycles. The van der Waals surface area contributed by atoms with Gasteiger partial charge in [-0.1, -0.05) is 18.2 Å². The number of nitrogens with zero attached hydrogens (tertiary/aromatic N) is 1. The van der Waals surface area contributed by atoms with Crippen molar-refractivity contribution in [3.8, 4) is 5.75 Å². The van der Waals surface area contributed by atoms with Gasteiger partial charge in [0.2, 0.25) is 0 Å². The van der Waals surface area contributed by atoms with E-state index >= 15 is 0 Å². The topological polar surface area (TPSA) is 48.4 Å². The van der Waals surface area contributed by atoms with E-state index in [4.69, 9.17) is 0 Å². The fourth-order valence-corrected chi connectivity index (χ4v) is 1.55. The van der Waals surface area contributed by atoms with Crippen LogP contribution in [0.4, 0.5) is 8.78 Å². The number of pyridine rings is 1. The zero-order valence-electron chi connectivity index (χ0n) is 10.1. The lowest BCUT2D eigenvalue weighted by molar-refractivity contribution is -0.216. The Hall–Kier alpha value is -2.24. The van der Waals surface area contributed by atoms with Gasteiger partial charge in [-0.15, -0.1) is 0 Å². The van der Waals surface area contributed by atoms with Crippen molar-refractivity contribution < 1.29 is 23.0 Å². The molecule has 100 valence electrons. The first-order valence-electron chi connectivity index (χ1n) is 5.62. The number of alkyl halides is 2. The normalized spacial score (nSPS) is 11.3. The SMILES string of the molecule is CCOC(=O)C(F)(F)Oc1cccc2cccnc12. The zero-order chi connectivity index (χ0) is 13.9. The van der Waals surface area contributed by atoms with Crippen molar-refractivity contribution in [2.24, 2.45) is 0 Å². The Kier molecular flexibility index (Phi) is 3.59. The number of halogens is 2. The van der Waals surface area contributed by atoms with Crippen LogP contribution >= 0.6 is 0 Å². The van der Waals surface area contributed by atoms with E-state index in [1.165, 1.54) is 19.2 Å². The molecule has 0 amide bonds. The Balaban J connectivity index is 2.33. The molecule has 0 atom stereocenters. The Morgan fingerprint density at radius 2 is 2.05 bits per heavy atom. The van der Waals surface area contributed by atoms with E-state index in [0.717, 1.165) is 0 Å². The van der Waals surface area contributed by atoms with Crippen LogP contribution < -0.4 is 4.74 Å². The van der Waals surface area contributed by atoms with Gasteiger partial charge in [-0.25, -0.2) is 4.79 Å². The van der Waals surface area contributed by atoms with E-state index < -0.39 is 12.1 Å². The molecule has 2 aromatic rings. The van der Waals surface area contributed by atoms with Crippen LogP contribution in [0.2, 0.25) is 0 Å². The number of hydrogen-bond donors (Lipinski definition) is 0. The van der Waals surface area contributed by atoms with Crippen molar-refractivity contribution in [3.05, 3.63) is 36.5 Å². The quantitative estimate of drug-likeness (QED) is 0.799. The molecule has 0 aliphatic rings. The molecule has 0 saturated heterocycles. The Morgan fingerprint density at radius 3 is 2.79 bits per heavy atom. The van der Waals surface area contributed by atoms with Crippen molar-refractivity contribution in [2.45, 2.75) is 13.0 Å². The molecule has 0 aliphatic heterocycles. The summed E-state index contributed by atoms with van der Waals surface area (Å²) in [5.74, 6) is -1.89. The van der Waals surface area contributed by atoms with Crippen LogP contribution in [0.5, 0.6) is 5.75 Å². The number of esters is 1. The maximum Gasteiger partial charge on any atom is 0.502 e. The molecule has 0 fully saturated rings. The number of rotatable bonds is 4. The highest BCUT2D eigenvalue weighted by molar-refractivity contribution is 5.85. The molecule has 0 saturated carbocycles. The Morgan fingerprint density at radius 1 is 1.32 bits per heavy atom. The summed E-state index contributed by atoms with van der Waals surface area (Å²) in [5, 5.41) is 0.639. The molecule has 0 unspecified atom stereocenters. The standard InChI is InChI=1S/C13H11F2NO3/c1-2-18-12(17)13(14,15)19-10-7-3-5-9-6-4-8-16-11(9)10/h3-8H,2H2,1H3. The summed E-state index contributed by atoms with van der Waals surface area (Å²) in [7, 11) is 0. The average Bonchev–Trinajstić information content (AvgIpc) is 2.39. The lowest BCUT2D eigenvalue weighted by Crippen LogP contribution is -2.37. The van der Waals surface area contributed by atoms with E-state index in [9.17, 15) is 13.6 Å². The van der Waals surface area contributed by atoms with Crippen LogP contribution in [-0.4, -0.2) is 23.7 Å². The summed E-state index contributed by atoms with van der Waals surface area (Å²) in [6.07, 6.45) is -2.58. The van der Waals surface area contributed by atoms with Crippen LogP contribution in [0.15, 0.2) is 36.5 Å². The first kappa shape index (κ1) is 13.2. The van der Waals surface area contributed by atoms with Gasteiger partial charge in [0.25, 0.3) is 0 Å². The molecule has 0 radical (unpaired) electrons. The van der Waals surface area contributed by atoms with Crippen LogP contribution in [0.3, 0.4) is 0 Å². The highest BCUT2D eigenvalue weighted by Crippen LogP contribution is 2.28. The van der Waals surface area contributed by atoms with Gasteiger partial charge < -0.3 is 9.47 Å². The van der Waals surface area contributed by atoms with Crippen molar-refractivity contribution in [1.82, 2.24) is 4.98 Å². The molecule has 1 aromatic carbocycles. The number of carbonyl (C=O) groups is 1. The van der Waals surface area contributed by atoms with E-state index in [0.29, 0.717) is 5.39 Å². The monoisotopic (exact) mass is 267 g/mol. The minimum atomic E-state index is -4.04. The third-order valence-electron chi connectivity index (χ3n) is 2.35. The van der Waals surface area contributed by atoms with Crippen molar-refractivity contribution in [3.63, 3.8) is 0 Å². The molecule has 19 heavy (non-hydrogen) atoms. The van der Waals surface area contributed by atoms with E-state index in [2.05, 4.69) is 14.5 Å². The molecule has 6 heteroatoms. The summed E-state index contributed by atoms with van der Waals surface area (Å²) < 4.78 is 35.7. The number of aromatic nitrogens is 1. The third-order valence-corrected chi connectivity index (χ3v) is 2.35. The van der Waals surface area contributed by atoms with Gasteiger partial charge >= 0.3 is 12.1 Å². The molecule has 0 aliphatic carbocycles. The highest BCUT2D eigenvalue weighted by atomic mass is 19.3. The van der Waals surface area contributed by atoms with E-state index in [1.54, 1.807) is 24.3 Å². The summed E-state index contributed by atoms with van der Waals surface area (Å²) in [4.78, 5) is 15.0. The fraction of sp³-hybridized carbons (Fsp3) is 0.231. The number of benzene rings is 1. The maximum absolute atomic E-state index is 13.5. The summed E-state index contributed by atoms with van der Waals surface area (Å²) in [5.41, 5.74) is 0.258. The van der Waals surface area contributed by atoms with Gasteiger partial charge in [0, 0.05) is 11.6 Å². The van der Waals surface area contributed by atoms with Crippen LogP contribution in [0.25, 0.3) is 10.9 Å². The minimum Gasteiger partial charge on any atom is -0.459 e. The second-order valence-corrected chi connectivity index (χ2v) is 3.67. The summed E-state index contributed by atoms with van der Waals surface area (Å²) >= 11 is 0. The molecular formula is C13H11F2NO3. The van der Waals surface area contributed by atoms with Gasteiger partial charge in [-0.2, -0.15) is 8.78 Å². The molecular weight excluding hydrogens is 256 g/mol. The molecule has 2 rings (SSSR count). The number of ether oxygens (including phenoxy) is 2. The third kappa shape index (κ3) is 2.78. The predicted octanol–water partition coefficient (Wildman–Crippen LogP) is 2.77. The van der Waals surface area contributed by atoms with Crippen LogP contribution in [0, 0.1) is 0 Å². The zero-order valence-corrected chi connectivity index (χ0v) is 10.1. The van der Waals surface area contributed by atoms with E-state index in [1.807, 2.05) is 0 Å². The molecule has 4 nitrogen and oxygen atoms in total. The van der Waals surface area contributed by atoms with Crippen LogP contribution in [0.1, 0.15) is 6.92 Å². The first-order valence-corrected chi connectivity index (χ1v) is 5.62. The molecule has 0 spiro atoms. The second kappa shape index (κ2) is 5.17. The largest absolute Gasteiger partial charge is 0.502 e. The lowest BCUT2D eigenvalue weighted by atomic mass is 10.2. The smallest absolute Gasteiger partial charge is 0.459 e. The van der Waals surface area contributed by atoms with Crippen molar-refractivity contribution >= 4 is 16.9 Å². The number of fused-ring (bicyclic) bond motifs is 1. The van der Waals surface area contributed by atoms with Crippen LogP contribution in [-0.2, 0) is 9.53 Å². The Labute approximate surface area is 108 Å². The minimum absolute atomic E-state index is 0.147. The highest BCUT2D eigenvalue weighted by Gasteiger charge is 2.44. The number of carbonyl (C=O) groups excluding carboxylic acids is 1. The number of para-hydroxylation sites is 1. The lowest BCUT2D eigenvalue weighted by Gasteiger charge is -2.16. The Bertz CT molecular complexity index is 596. The van der Waals surface area contributed by atoms with Gasteiger partial charge in [-0.3, -0.25) is 4.98 Å². The maximum atomic E-state index is 13.5. The van der Waals surface area contributed by atoms with E-state index in [-0.39, 0.29) is 17.9 Å². The fourth-order valence-electron chi connectivity index (χ4n) is 1.55. The summed E-state index contributed by atoms with van der Waals surface area (Å²) in [6, 6.07) is 7.95. The molecule has 0 bridgehead atoms.